The van der Waals surface area contributed by atoms with Crippen LogP contribution in [0.2, 0.25) is 0 Å². The van der Waals surface area contributed by atoms with Crippen molar-refractivity contribution in [3.05, 3.63) is 59.9 Å². The minimum atomic E-state index is -4.04. The highest BCUT2D eigenvalue weighted by molar-refractivity contribution is 7.90. The van der Waals surface area contributed by atoms with Gasteiger partial charge >= 0.3 is 6.01 Å². The molecule has 0 atom stereocenters. The van der Waals surface area contributed by atoms with Gasteiger partial charge in [-0.05, 0) is 31.2 Å². The van der Waals surface area contributed by atoms with Gasteiger partial charge in [0, 0.05) is 0 Å². The Hall–Kier alpha value is -2.74. The van der Waals surface area contributed by atoms with E-state index < -0.39 is 15.8 Å². The fourth-order valence-electron chi connectivity index (χ4n) is 2.15. The first-order valence-electron chi connectivity index (χ1n) is 7.01. The number of rotatable bonds is 4. The summed E-state index contributed by atoms with van der Waals surface area (Å²) >= 11 is 0. The van der Waals surface area contributed by atoms with Crippen LogP contribution in [-0.4, -0.2) is 29.7 Å². The molecule has 0 amide bonds. The van der Waals surface area contributed by atoms with Crippen LogP contribution in [0, 0.1) is 12.7 Å². The molecule has 1 heterocycles. The van der Waals surface area contributed by atoms with Crippen molar-refractivity contribution >= 4 is 10.0 Å². The van der Waals surface area contributed by atoms with Crippen LogP contribution in [0.25, 0.3) is 11.4 Å². The molecule has 0 unspecified atom stereocenters. The van der Waals surface area contributed by atoms with Crippen LogP contribution in [0.5, 0.6) is 6.01 Å². The van der Waals surface area contributed by atoms with Gasteiger partial charge in [0.05, 0.1) is 17.6 Å². The molecule has 8 heteroatoms. The van der Waals surface area contributed by atoms with Gasteiger partial charge in [0.1, 0.15) is 5.82 Å². The molecule has 1 aromatic heterocycles. The molecule has 3 aromatic rings. The number of aromatic nitrogens is 3. The number of hydrogen-bond acceptors (Lipinski definition) is 5. The largest absolute Gasteiger partial charge is 0.466 e. The lowest BCUT2D eigenvalue weighted by Gasteiger charge is -2.08. The van der Waals surface area contributed by atoms with Crippen molar-refractivity contribution in [1.29, 1.82) is 0 Å². The molecule has 0 aliphatic heterocycles. The van der Waals surface area contributed by atoms with Crippen LogP contribution in [0.1, 0.15) is 5.56 Å². The first-order valence-corrected chi connectivity index (χ1v) is 8.45. The smallest absolute Gasteiger partial charge is 0.336 e. The van der Waals surface area contributed by atoms with Gasteiger partial charge in [0.2, 0.25) is 0 Å². The van der Waals surface area contributed by atoms with Crippen LogP contribution in [0.3, 0.4) is 0 Å². The molecule has 0 aliphatic rings. The summed E-state index contributed by atoms with van der Waals surface area (Å²) in [6.45, 7) is 1.85. The Kier molecular flexibility index (Phi) is 4.06. The molecular formula is C16H14FN3O3S. The van der Waals surface area contributed by atoms with Crippen molar-refractivity contribution in [2.45, 2.75) is 11.8 Å². The summed E-state index contributed by atoms with van der Waals surface area (Å²) in [6.07, 6.45) is 0. The molecule has 3 rings (SSSR count). The van der Waals surface area contributed by atoms with Crippen molar-refractivity contribution in [1.82, 2.24) is 14.2 Å². The van der Waals surface area contributed by atoms with E-state index in [1.54, 1.807) is 18.2 Å². The zero-order valence-electron chi connectivity index (χ0n) is 13.0. The zero-order chi connectivity index (χ0) is 17.3. The summed E-state index contributed by atoms with van der Waals surface area (Å²) < 4.78 is 45.4. The maximum atomic E-state index is 14.1. The number of halogens is 1. The van der Waals surface area contributed by atoms with Crippen molar-refractivity contribution < 1.29 is 17.5 Å². The molecule has 0 spiro atoms. The van der Waals surface area contributed by atoms with Gasteiger partial charge in [0.15, 0.2) is 5.82 Å². The Morgan fingerprint density at radius 1 is 1.08 bits per heavy atom. The quantitative estimate of drug-likeness (QED) is 0.725. The molecule has 0 bridgehead atoms. The molecule has 24 heavy (non-hydrogen) atoms. The third-order valence-corrected chi connectivity index (χ3v) is 4.98. The van der Waals surface area contributed by atoms with Crippen LogP contribution < -0.4 is 4.74 Å². The maximum Gasteiger partial charge on any atom is 0.336 e. The first kappa shape index (κ1) is 16.1. The van der Waals surface area contributed by atoms with E-state index in [-0.39, 0.29) is 22.3 Å². The van der Waals surface area contributed by atoms with Gasteiger partial charge in [-0.15, -0.1) is 4.09 Å². The van der Waals surface area contributed by atoms with Gasteiger partial charge in [0.25, 0.3) is 10.0 Å². The Labute approximate surface area is 138 Å². The van der Waals surface area contributed by atoms with E-state index in [4.69, 9.17) is 4.74 Å². The molecule has 2 aromatic carbocycles. The van der Waals surface area contributed by atoms with E-state index in [1.165, 1.54) is 37.4 Å². The maximum absolute atomic E-state index is 14.1. The predicted molar refractivity (Wildman–Crippen MR) is 85.7 cm³/mol. The van der Waals surface area contributed by atoms with E-state index in [2.05, 4.69) is 10.1 Å². The van der Waals surface area contributed by atoms with E-state index in [0.717, 1.165) is 5.56 Å². The molecule has 0 saturated heterocycles. The van der Waals surface area contributed by atoms with Gasteiger partial charge in [-0.2, -0.15) is 13.4 Å². The fraction of sp³-hybridized carbons (Fsp3) is 0.125. The molecule has 0 saturated carbocycles. The average molecular weight is 347 g/mol. The highest BCUT2D eigenvalue weighted by Crippen LogP contribution is 2.26. The number of benzene rings is 2. The standard InChI is InChI=1S/C16H14FN3O3S/c1-11-7-9-12(10-8-11)24(21,22)20-15(18-16(19-20)23-2)13-5-3-4-6-14(13)17/h3-10H,1-2H3. The van der Waals surface area contributed by atoms with Crippen molar-refractivity contribution in [2.75, 3.05) is 7.11 Å². The van der Waals surface area contributed by atoms with Crippen LogP contribution in [-0.2, 0) is 10.0 Å². The summed E-state index contributed by atoms with van der Waals surface area (Å²) in [5.41, 5.74) is 0.934. The second-order valence-electron chi connectivity index (χ2n) is 5.06. The molecule has 0 radical (unpaired) electrons. The molecule has 0 fully saturated rings. The average Bonchev–Trinajstić information content (AvgIpc) is 3.01. The number of aryl methyl sites for hydroxylation is 1. The third kappa shape index (κ3) is 2.76. The van der Waals surface area contributed by atoms with Gasteiger partial charge < -0.3 is 4.74 Å². The first-order chi connectivity index (χ1) is 11.4. The van der Waals surface area contributed by atoms with Crippen LogP contribution in [0.4, 0.5) is 4.39 Å². The second kappa shape index (κ2) is 6.04. The lowest BCUT2D eigenvalue weighted by atomic mass is 10.2. The SMILES string of the molecule is COc1nc(-c2ccccc2F)n(S(=O)(=O)c2ccc(C)cc2)n1. The lowest BCUT2D eigenvalue weighted by Crippen LogP contribution is -2.16. The molecular weight excluding hydrogens is 333 g/mol. The Bertz CT molecular complexity index is 982. The minimum Gasteiger partial charge on any atom is -0.466 e. The number of methoxy groups -OCH3 is 1. The normalized spacial score (nSPS) is 11.5. The minimum absolute atomic E-state index is 0.0176. The Balaban J connectivity index is 2.23. The Morgan fingerprint density at radius 2 is 1.75 bits per heavy atom. The summed E-state index contributed by atoms with van der Waals surface area (Å²) in [5, 5.41) is 3.85. The molecule has 0 aliphatic carbocycles. The van der Waals surface area contributed by atoms with E-state index in [0.29, 0.717) is 4.09 Å². The number of nitrogens with zero attached hydrogens (tertiary/aromatic N) is 3. The third-order valence-electron chi connectivity index (χ3n) is 3.40. The Morgan fingerprint density at radius 3 is 2.38 bits per heavy atom. The van der Waals surface area contributed by atoms with E-state index in [1.807, 2.05) is 6.92 Å². The van der Waals surface area contributed by atoms with E-state index >= 15 is 0 Å². The zero-order valence-corrected chi connectivity index (χ0v) is 13.8. The highest BCUT2D eigenvalue weighted by Gasteiger charge is 2.26. The second-order valence-corrected chi connectivity index (χ2v) is 6.83. The topological polar surface area (TPSA) is 74.1 Å². The highest BCUT2D eigenvalue weighted by atomic mass is 32.2. The fourth-order valence-corrected chi connectivity index (χ4v) is 3.37. The number of ether oxygens (including phenoxy) is 1. The van der Waals surface area contributed by atoms with Gasteiger partial charge in [-0.1, -0.05) is 34.9 Å². The molecule has 124 valence electrons. The summed E-state index contributed by atoms with van der Waals surface area (Å²) in [4.78, 5) is 4.01. The summed E-state index contributed by atoms with van der Waals surface area (Å²) in [6, 6.07) is 11.8. The van der Waals surface area contributed by atoms with Crippen molar-refractivity contribution in [3.8, 4) is 17.4 Å². The van der Waals surface area contributed by atoms with Crippen molar-refractivity contribution in [2.24, 2.45) is 0 Å². The van der Waals surface area contributed by atoms with E-state index in [9.17, 15) is 12.8 Å². The van der Waals surface area contributed by atoms with Crippen molar-refractivity contribution in [3.63, 3.8) is 0 Å². The predicted octanol–water partition coefficient (Wildman–Crippen LogP) is 2.64. The molecule has 0 N–H and O–H groups in total. The van der Waals surface area contributed by atoms with Gasteiger partial charge in [-0.25, -0.2) is 4.39 Å². The summed E-state index contributed by atoms with van der Waals surface area (Å²) in [7, 11) is -2.74. The number of hydrogen-bond donors (Lipinski definition) is 0. The van der Waals surface area contributed by atoms with Crippen LogP contribution >= 0.6 is 0 Å². The summed E-state index contributed by atoms with van der Waals surface area (Å²) in [5.74, 6) is -0.751. The monoisotopic (exact) mass is 347 g/mol. The van der Waals surface area contributed by atoms with Crippen LogP contribution in [0.15, 0.2) is 53.4 Å². The molecule has 6 nitrogen and oxygen atoms in total. The van der Waals surface area contributed by atoms with Gasteiger partial charge in [-0.3, -0.25) is 0 Å². The lowest BCUT2D eigenvalue weighted by molar-refractivity contribution is 0.380.